The number of aryl methyl sites for hydroxylation is 5. The second-order valence-corrected chi connectivity index (χ2v) is 9.42. The Morgan fingerprint density at radius 3 is 2.56 bits per heavy atom. The van der Waals surface area contributed by atoms with Crippen LogP contribution in [0.4, 0.5) is 5.13 Å². The minimum Gasteiger partial charge on any atom is -0.334 e. The molecular weight excluding hydrogens is 444 g/mol. The van der Waals surface area contributed by atoms with E-state index >= 15 is 0 Å². The van der Waals surface area contributed by atoms with E-state index in [1.54, 1.807) is 4.68 Å². The smallest absolute Gasteiger partial charge is 0.271 e. The summed E-state index contributed by atoms with van der Waals surface area (Å²) in [5.41, 5.74) is 7.31. The molecule has 0 unspecified atom stereocenters. The Morgan fingerprint density at radius 1 is 1.09 bits per heavy atom. The molecule has 1 aromatic carbocycles. The van der Waals surface area contributed by atoms with Gasteiger partial charge in [-0.05, 0) is 63.4 Å². The summed E-state index contributed by atoms with van der Waals surface area (Å²) in [7, 11) is 0. The summed E-state index contributed by atoms with van der Waals surface area (Å²) in [5.74, 6) is 6.46. The van der Waals surface area contributed by atoms with E-state index in [0.29, 0.717) is 16.2 Å². The topological polar surface area (TPSA) is 117 Å². The molecule has 9 nitrogen and oxygen atoms in total. The number of carbonyl (C=O) groups excluding carboxylic acids is 1. The van der Waals surface area contributed by atoms with Crippen molar-refractivity contribution in [2.45, 2.75) is 39.8 Å². The molecule has 3 aromatic heterocycles. The van der Waals surface area contributed by atoms with E-state index in [1.165, 1.54) is 38.9 Å². The summed E-state index contributed by atoms with van der Waals surface area (Å²) in [6.45, 7) is 10.1. The van der Waals surface area contributed by atoms with Gasteiger partial charge in [-0.25, -0.2) is 14.3 Å². The molecule has 0 fully saturated rings. The van der Waals surface area contributed by atoms with Crippen LogP contribution in [0.2, 0.25) is 0 Å². The van der Waals surface area contributed by atoms with Crippen LogP contribution >= 0.6 is 23.1 Å². The zero-order chi connectivity index (χ0) is 23.0. The van der Waals surface area contributed by atoms with Gasteiger partial charge in [0.05, 0.1) is 17.1 Å². The zero-order valence-corrected chi connectivity index (χ0v) is 20.1. The lowest BCUT2D eigenvalue weighted by atomic mass is 9.99. The average Bonchev–Trinajstić information content (AvgIpc) is 3.42. The Morgan fingerprint density at radius 2 is 1.84 bits per heavy atom. The SMILES string of the molecule is Cc1cc(C)n(-c2nnc(SCC(=O)Nc3nc(-c4cc(C)c(C)cc4C)cs3)n2N)n1. The largest absolute Gasteiger partial charge is 0.334 e. The molecule has 0 spiro atoms. The van der Waals surface area contributed by atoms with Crippen molar-refractivity contribution in [1.82, 2.24) is 29.6 Å². The fourth-order valence-electron chi connectivity index (χ4n) is 3.32. The molecule has 0 saturated heterocycles. The Kier molecular flexibility index (Phi) is 6.02. The normalized spacial score (nSPS) is 11.2. The fraction of sp³-hybridized carbons (Fsp3) is 0.286. The highest BCUT2D eigenvalue weighted by Crippen LogP contribution is 2.29. The lowest BCUT2D eigenvalue weighted by Gasteiger charge is -2.07. The monoisotopic (exact) mass is 468 g/mol. The van der Waals surface area contributed by atoms with Gasteiger partial charge in [0.15, 0.2) is 5.13 Å². The molecule has 4 aromatic rings. The van der Waals surface area contributed by atoms with Crippen molar-refractivity contribution in [3.05, 3.63) is 51.7 Å². The third-order valence-corrected chi connectivity index (χ3v) is 6.75. The average molecular weight is 469 g/mol. The third kappa shape index (κ3) is 4.39. The molecule has 3 heterocycles. The lowest BCUT2D eigenvalue weighted by Crippen LogP contribution is -2.18. The quantitative estimate of drug-likeness (QED) is 0.328. The standard InChI is InChI=1S/C21H24N8OS2/c1-11-6-13(3)16(7-12(11)2)17-9-31-19(23-17)24-18(30)10-32-21-26-25-20(28(21)22)29-15(5)8-14(4)27-29/h6-9H,10,22H2,1-5H3,(H,23,24,30). The van der Waals surface area contributed by atoms with Crippen molar-refractivity contribution >= 4 is 34.1 Å². The van der Waals surface area contributed by atoms with Crippen LogP contribution in [0.5, 0.6) is 0 Å². The Hall–Kier alpha value is -3.18. The highest BCUT2D eigenvalue weighted by molar-refractivity contribution is 7.99. The minimum absolute atomic E-state index is 0.129. The van der Waals surface area contributed by atoms with Gasteiger partial charge in [-0.3, -0.25) is 4.79 Å². The van der Waals surface area contributed by atoms with Gasteiger partial charge in [0.2, 0.25) is 11.1 Å². The van der Waals surface area contributed by atoms with Crippen LogP contribution in [0.1, 0.15) is 28.1 Å². The van der Waals surface area contributed by atoms with Crippen molar-refractivity contribution in [1.29, 1.82) is 0 Å². The Labute approximate surface area is 194 Å². The van der Waals surface area contributed by atoms with Gasteiger partial charge in [0.25, 0.3) is 5.95 Å². The molecule has 0 aliphatic rings. The van der Waals surface area contributed by atoms with Crippen molar-refractivity contribution in [3.8, 4) is 17.2 Å². The molecule has 4 rings (SSSR count). The number of thioether (sulfide) groups is 1. The molecule has 3 N–H and O–H groups in total. The first-order chi connectivity index (χ1) is 15.2. The molecule has 11 heteroatoms. The van der Waals surface area contributed by atoms with Crippen LogP contribution in [-0.4, -0.2) is 41.3 Å². The number of carbonyl (C=O) groups is 1. The maximum atomic E-state index is 12.5. The number of thiazole rings is 1. The molecule has 0 aliphatic carbocycles. The second kappa shape index (κ2) is 8.75. The Balaban J connectivity index is 1.41. The number of benzene rings is 1. The molecule has 1 amide bonds. The van der Waals surface area contributed by atoms with Gasteiger partial charge in [-0.15, -0.1) is 21.5 Å². The number of hydrogen-bond acceptors (Lipinski definition) is 8. The highest BCUT2D eigenvalue weighted by atomic mass is 32.2. The van der Waals surface area contributed by atoms with Crippen molar-refractivity contribution in [2.24, 2.45) is 0 Å². The number of nitrogen functional groups attached to an aromatic ring is 1. The Bertz CT molecular complexity index is 1300. The van der Waals surface area contributed by atoms with Gasteiger partial charge >= 0.3 is 0 Å². The minimum atomic E-state index is -0.191. The second-order valence-electron chi connectivity index (χ2n) is 7.62. The molecule has 0 radical (unpaired) electrons. The van der Waals surface area contributed by atoms with Crippen molar-refractivity contribution in [2.75, 3.05) is 16.9 Å². The van der Waals surface area contributed by atoms with Gasteiger partial charge in [-0.1, -0.05) is 17.8 Å². The van der Waals surface area contributed by atoms with E-state index in [4.69, 9.17) is 5.84 Å². The van der Waals surface area contributed by atoms with E-state index in [1.807, 2.05) is 25.3 Å². The summed E-state index contributed by atoms with van der Waals surface area (Å²) in [5, 5.41) is 18.3. The van der Waals surface area contributed by atoms with E-state index in [-0.39, 0.29) is 11.7 Å². The molecule has 0 saturated carbocycles. The zero-order valence-electron chi connectivity index (χ0n) is 18.5. The van der Waals surface area contributed by atoms with Gasteiger partial charge in [-0.2, -0.15) is 5.10 Å². The third-order valence-electron chi connectivity index (χ3n) is 5.05. The first-order valence-electron chi connectivity index (χ1n) is 9.93. The van der Waals surface area contributed by atoms with E-state index in [2.05, 4.69) is 58.5 Å². The van der Waals surface area contributed by atoms with Gasteiger partial charge in [0, 0.05) is 16.6 Å². The summed E-state index contributed by atoms with van der Waals surface area (Å²) in [4.78, 5) is 17.0. The van der Waals surface area contributed by atoms with E-state index in [9.17, 15) is 4.79 Å². The number of amides is 1. The van der Waals surface area contributed by atoms with Crippen LogP contribution in [0.3, 0.4) is 0 Å². The van der Waals surface area contributed by atoms with Crippen LogP contribution in [0.25, 0.3) is 17.2 Å². The molecule has 166 valence electrons. The number of anilines is 1. The van der Waals surface area contributed by atoms with Crippen LogP contribution in [-0.2, 0) is 4.79 Å². The number of rotatable bonds is 6. The lowest BCUT2D eigenvalue weighted by molar-refractivity contribution is -0.113. The number of nitrogens with zero attached hydrogens (tertiary/aromatic N) is 6. The summed E-state index contributed by atoms with van der Waals surface area (Å²) < 4.78 is 2.96. The number of nitrogens with two attached hydrogens (primary N) is 1. The summed E-state index contributed by atoms with van der Waals surface area (Å²) in [6, 6.07) is 6.22. The molecule has 32 heavy (non-hydrogen) atoms. The van der Waals surface area contributed by atoms with Gasteiger partial charge < -0.3 is 11.2 Å². The van der Waals surface area contributed by atoms with E-state index in [0.717, 1.165) is 28.2 Å². The summed E-state index contributed by atoms with van der Waals surface area (Å²) >= 11 is 2.60. The predicted molar refractivity (Wildman–Crippen MR) is 128 cm³/mol. The molecular formula is C21H24N8OS2. The highest BCUT2D eigenvalue weighted by Gasteiger charge is 2.17. The van der Waals surface area contributed by atoms with Crippen molar-refractivity contribution in [3.63, 3.8) is 0 Å². The van der Waals surface area contributed by atoms with Crippen LogP contribution in [0.15, 0.2) is 28.7 Å². The van der Waals surface area contributed by atoms with E-state index < -0.39 is 0 Å². The number of aromatic nitrogens is 6. The molecule has 0 bridgehead atoms. The number of hydrogen-bond donors (Lipinski definition) is 2. The van der Waals surface area contributed by atoms with Gasteiger partial charge in [0.1, 0.15) is 0 Å². The number of nitrogens with one attached hydrogen (secondary N) is 1. The van der Waals surface area contributed by atoms with Crippen LogP contribution in [0, 0.1) is 34.6 Å². The molecule has 0 aliphatic heterocycles. The first kappa shape index (κ1) is 22.0. The fourth-order valence-corrected chi connectivity index (χ4v) is 4.70. The predicted octanol–water partition coefficient (Wildman–Crippen LogP) is 3.57. The van der Waals surface area contributed by atoms with Crippen molar-refractivity contribution < 1.29 is 4.79 Å². The summed E-state index contributed by atoms with van der Waals surface area (Å²) in [6.07, 6.45) is 0. The molecule has 0 atom stereocenters. The maximum Gasteiger partial charge on any atom is 0.271 e. The first-order valence-corrected chi connectivity index (χ1v) is 11.8. The van der Waals surface area contributed by atoms with Crippen LogP contribution < -0.4 is 11.2 Å². The maximum absolute atomic E-state index is 12.5.